The Bertz CT molecular complexity index is 374. The van der Waals surface area contributed by atoms with Crippen LogP contribution in [0.2, 0.25) is 0 Å². The summed E-state index contributed by atoms with van der Waals surface area (Å²) in [7, 11) is 0. The molecule has 0 radical (unpaired) electrons. The molecule has 1 spiro atoms. The lowest BCUT2D eigenvalue weighted by atomic mass is 9.62. The number of fused-ring (bicyclic) bond motifs is 5. The lowest BCUT2D eigenvalue weighted by molar-refractivity contribution is 0.0846. The molecule has 0 aliphatic heterocycles. The number of allylic oxidation sites excluding steroid dienone is 2. The highest BCUT2D eigenvalue weighted by molar-refractivity contribution is 6.21. The number of hydrogen-bond acceptors (Lipinski definition) is 0. The molecule has 0 aromatic rings. The molecule has 5 aliphatic carbocycles. The second kappa shape index (κ2) is 2.18. The fourth-order valence-electron chi connectivity index (χ4n) is 6.69. The van der Waals surface area contributed by atoms with Crippen molar-refractivity contribution in [3.8, 4) is 0 Å². The molecule has 0 N–H and O–H groups in total. The number of rotatable bonds is 0. The predicted molar refractivity (Wildman–Crippen MR) is 60.6 cm³/mol. The fraction of sp³-hybridized carbons (Fsp3) is 0.857. The summed E-state index contributed by atoms with van der Waals surface area (Å²) in [6.07, 6.45) is 11.0. The van der Waals surface area contributed by atoms with E-state index >= 15 is 0 Å². The molecule has 5 rings (SSSR count). The normalized spacial score (nSPS) is 71.9. The van der Waals surface area contributed by atoms with E-state index in [2.05, 4.69) is 12.2 Å². The molecule has 8 atom stereocenters. The smallest absolute Gasteiger partial charge is 0.0398 e. The first kappa shape index (κ1) is 8.17. The van der Waals surface area contributed by atoms with Crippen LogP contribution in [-0.2, 0) is 0 Å². The van der Waals surface area contributed by atoms with Crippen LogP contribution in [0.4, 0.5) is 0 Å². The monoisotopic (exact) mass is 220 g/mol. The predicted octanol–water partition coefficient (Wildman–Crippen LogP) is 3.46. The summed E-state index contributed by atoms with van der Waals surface area (Å²) in [6.45, 7) is 0. The highest BCUT2D eigenvalue weighted by Gasteiger charge is 2.74. The Morgan fingerprint density at radius 1 is 1.13 bits per heavy atom. The second-order valence-corrected chi connectivity index (χ2v) is 7.19. The minimum Gasteiger partial charge on any atom is -0.122 e. The van der Waals surface area contributed by atoms with Gasteiger partial charge in [0.05, 0.1) is 0 Å². The molecule has 15 heavy (non-hydrogen) atoms. The van der Waals surface area contributed by atoms with Crippen molar-refractivity contribution in [3.63, 3.8) is 0 Å². The van der Waals surface area contributed by atoms with E-state index in [0.717, 1.165) is 40.9 Å². The summed E-state index contributed by atoms with van der Waals surface area (Å²) in [5, 5.41) is 0.545. The van der Waals surface area contributed by atoms with Crippen LogP contribution in [0.15, 0.2) is 12.2 Å². The van der Waals surface area contributed by atoms with Gasteiger partial charge in [-0.05, 0) is 66.6 Å². The Morgan fingerprint density at radius 3 is 3.00 bits per heavy atom. The molecule has 80 valence electrons. The van der Waals surface area contributed by atoms with Crippen LogP contribution < -0.4 is 0 Å². The molecular formula is C14H17Cl. The molecule has 1 heteroatoms. The van der Waals surface area contributed by atoms with Gasteiger partial charge in [0.1, 0.15) is 0 Å². The van der Waals surface area contributed by atoms with Crippen LogP contribution in [0.25, 0.3) is 0 Å². The van der Waals surface area contributed by atoms with E-state index in [1.54, 1.807) is 0 Å². The summed E-state index contributed by atoms with van der Waals surface area (Å²) in [5.41, 5.74) is 0.764. The van der Waals surface area contributed by atoms with E-state index in [1.165, 1.54) is 25.7 Å². The summed E-state index contributed by atoms with van der Waals surface area (Å²) < 4.78 is 0. The molecule has 5 aliphatic rings. The van der Waals surface area contributed by atoms with Crippen LogP contribution in [0.3, 0.4) is 0 Å². The largest absolute Gasteiger partial charge is 0.122 e. The third-order valence-electron chi connectivity index (χ3n) is 6.81. The van der Waals surface area contributed by atoms with Crippen LogP contribution in [0, 0.1) is 40.9 Å². The van der Waals surface area contributed by atoms with Crippen molar-refractivity contribution < 1.29 is 0 Å². The molecular weight excluding hydrogens is 204 g/mol. The van der Waals surface area contributed by atoms with Gasteiger partial charge < -0.3 is 0 Å². The van der Waals surface area contributed by atoms with Crippen LogP contribution in [0.1, 0.15) is 25.7 Å². The van der Waals surface area contributed by atoms with Gasteiger partial charge in [0.25, 0.3) is 0 Å². The average molecular weight is 221 g/mol. The maximum absolute atomic E-state index is 6.68. The first-order chi connectivity index (χ1) is 7.32. The minimum atomic E-state index is 0.545. The number of halogens is 1. The van der Waals surface area contributed by atoms with Crippen molar-refractivity contribution in [2.45, 2.75) is 31.1 Å². The maximum Gasteiger partial charge on any atom is 0.0398 e. The maximum atomic E-state index is 6.68. The summed E-state index contributed by atoms with van der Waals surface area (Å²) in [6, 6.07) is 0. The van der Waals surface area contributed by atoms with E-state index in [9.17, 15) is 0 Å². The highest BCUT2D eigenvalue weighted by atomic mass is 35.5. The lowest BCUT2D eigenvalue weighted by Gasteiger charge is -2.43. The number of alkyl halides is 1. The molecule has 4 fully saturated rings. The third kappa shape index (κ3) is 0.624. The van der Waals surface area contributed by atoms with E-state index in [1.807, 2.05) is 0 Å². The van der Waals surface area contributed by atoms with Gasteiger partial charge in [-0.1, -0.05) is 12.2 Å². The molecule has 0 heterocycles. The molecule has 8 unspecified atom stereocenters. The van der Waals surface area contributed by atoms with Gasteiger partial charge in [-0.25, -0.2) is 0 Å². The molecule has 0 nitrogen and oxygen atoms in total. The first-order valence-corrected chi connectivity index (χ1v) is 7.08. The van der Waals surface area contributed by atoms with Crippen LogP contribution in [-0.4, -0.2) is 5.38 Å². The van der Waals surface area contributed by atoms with Gasteiger partial charge in [-0.3, -0.25) is 0 Å². The topological polar surface area (TPSA) is 0 Å². The first-order valence-electron chi connectivity index (χ1n) is 6.65. The Morgan fingerprint density at radius 2 is 2.07 bits per heavy atom. The van der Waals surface area contributed by atoms with Crippen molar-refractivity contribution in [1.29, 1.82) is 0 Å². The molecule has 0 amide bonds. The molecule has 4 bridgehead atoms. The van der Waals surface area contributed by atoms with Crippen LogP contribution in [0.5, 0.6) is 0 Å². The second-order valence-electron chi connectivity index (χ2n) is 6.68. The lowest BCUT2D eigenvalue weighted by Crippen LogP contribution is -2.41. The van der Waals surface area contributed by atoms with Gasteiger partial charge in [0.15, 0.2) is 0 Å². The Balaban J connectivity index is 1.76. The summed E-state index contributed by atoms with van der Waals surface area (Å²) in [5.74, 6) is 5.69. The summed E-state index contributed by atoms with van der Waals surface area (Å²) in [4.78, 5) is 0. The highest BCUT2D eigenvalue weighted by Crippen LogP contribution is 2.79. The zero-order valence-corrected chi connectivity index (χ0v) is 9.66. The summed E-state index contributed by atoms with van der Waals surface area (Å²) >= 11 is 6.68. The molecule has 0 saturated heterocycles. The SMILES string of the molecule is ClC1C2CCC34C5C=CC(C5)C3C1CC24. The Kier molecular flexibility index (Phi) is 1.19. The molecule has 4 saturated carbocycles. The van der Waals surface area contributed by atoms with E-state index in [0.29, 0.717) is 5.38 Å². The Labute approximate surface area is 96.1 Å². The zero-order chi connectivity index (χ0) is 9.78. The van der Waals surface area contributed by atoms with Crippen molar-refractivity contribution in [2.75, 3.05) is 0 Å². The van der Waals surface area contributed by atoms with Gasteiger partial charge in [-0.2, -0.15) is 0 Å². The van der Waals surface area contributed by atoms with Crippen molar-refractivity contribution in [3.05, 3.63) is 12.2 Å². The minimum absolute atomic E-state index is 0.545. The Hall–Kier alpha value is 0.0300. The average Bonchev–Trinajstić information content (AvgIpc) is 2.93. The molecule has 0 aromatic heterocycles. The van der Waals surface area contributed by atoms with Gasteiger partial charge in [-0.15, -0.1) is 11.6 Å². The van der Waals surface area contributed by atoms with E-state index < -0.39 is 0 Å². The van der Waals surface area contributed by atoms with E-state index in [-0.39, 0.29) is 0 Å². The van der Waals surface area contributed by atoms with Gasteiger partial charge in [0, 0.05) is 5.38 Å². The quantitative estimate of drug-likeness (QED) is 0.433. The number of hydrogen-bond donors (Lipinski definition) is 0. The van der Waals surface area contributed by atoms with Gasteiger partial charge in [0.2, 0.25) is 0 Å². The molecule has 0 aromatic carbocycles. The van der Waals surface area contributed by atoms with Crippen molar-refractivity contribution >= 4 is 11.6 Å². The van der Waals surface area contributed by atoms with E-state index in [4.69, 9.17) is 11.6 Å². The van der Waals surface area contributed by atoms with Crippen molar-refractivity contribution in [2.24, 2.45) is 40.9 Å². The standard InChI is InChI=1S/C14H17Cl/c15-13-9-3-4-14-8-2-1-7(5-8)12(14)10(13)6-11(9)14/h1-2,7-13H,3-6H2. The van der Waals surface area contributed by atoms with Crippen LogP contribution >= 0.6 is 11.6 Å². The third-order valence-corrected chi connectivity index (χ3v) is 7.46. The van der Waals surface area contributed by atoms with Gasteiger partial charge >= 0.3 is 0 Å². The zero-order valence-electron chi connectivity index (χ0n) is 8.90. The fourth-order valence-corrected chi connectivity index (χ4v) is 7.25. The van der Waals surface area contributed by atoms with Crippen molar-refractivity contribution in [1.82, 2.24) is 0 Å².